The molecular weight excluding hydrogens is 370 g/mol. The van der Waals surface area contributed by atoms with Crippen LogP contribution in [0.1, 0.15) is 18.1 Å². The van der Waals surface area contributed by atoms with Gasteiger partial charge in [0.05, 0.1) is 23.4 Å². The second kappa shape index (κ2) is 7.81. The largest absolute Gasteiger partial charge is 0.494 e. The van der Waals surface area contributed by atoms with E-state index in [0.29, 0.717) is 13.2 Å². The monoisotopic (exact) mass is 395 g/mol. The molecule has 4 aromatic rings. The smallest absolute Gasteiger partial charge is 0.197 e. The van der Waals surface area contributed by atoms with Gasteiger partial charge in [-0.15, -0.1) is 0 Å². The van der Waals surface area contributed by atoms with E-state index in [4.69, 9.17) is 14.5 Å². The molecule has 146 valence electrons. The standard InChI is InChI=1S/C22H25N3O2S/c1-5-27-17-8-9-18-19(13-17)28-22-24-20(16-7-6-14(2)15(3)12-16)21(25(18)22)23-10-11-26-4/h6-9,12-13,23H,5,10-11H2,1-4H3. The third kappa shape index (κ3) is 3.34. The Labute approximate surface area is 168 Å². The second-order valence-electron chi connectivity index (χ2n) is 6.81. The zero-order chi connectivity index (χ0) is 19.7. The number of ether oxygens (including phenoxy) is 2. The lowest BCUT2D eigenvalue weighted by molar-refractivity contribution is 0.210. The van der Waals surface area contributed by atoms with Gasteiger partial charge in [0.25, 0.3) is 0 Å². The molecule has 0 aliphatic heterocycles. The van der Waals surface area contributed by atoms with Crippen LogP contribution in [0.25, 0.3) is 26.4 Å². The Kier molecular flexibility index (Phi) is 5.24. The van der Waals surface area contributed by atoms with Crippen molar-refractivity contribution in [2.75, 3.05) is 32.2 Å². The van der Waals surface area contributed by atoms with E-state index in [9.17, 15) is 0 Å². The van der Waals surface area contributed by atoms with Gasteiger partial charge in [-0.05, 0) is 56.2 Å². The fraction of sp³-hybridized carbons (Fsp3) is 0.318. The number of imidazole rings is 1. The first kappa shape index (κ1) is 18.8. The second-order valence-corrected chi connectivity index (χ2v) is 7.82. The van der Waals surface area contributed by atoms with Crippen molar-refractivity contribution < 1.29 is 9.47 Å². The number of thiazole rings is 1. The quantitative estimate of drug-likeness (QED) is 0.432. The minimum atomic E-state index is 0.635. The Morgan fingerprint density at radius 2 is 1.96 bits per heavy atom. The van der Waals surface area contributed by atoms with Crippen molar-refractivity contribution in [1.82, 2.24) is 9.38 Å². The van der Waals surface area contributed by atoms with Crippen LogP contribution in [0.2, 0.25) is 0 Å². The van der Waals surface area contributed by atoms with Crippen molar-refractivity contribution in [3.8, 4) is 17.0 Å². The fourth-order valence-electron chi connectivity index (χ4n) is 3.33. The molecule has 0 unspecified atom stereocenters. The molecule has 2 heterocycles. The highest BCUT2D eigenvalue weighted by atomic mass is 32.1. The highest BCUT2D eigenvalue weighted by Gasteiger charge is 2.19. The maximum atomic E-state index is 5.66. The van der Waals surface area contributed by atoms with Gasteiger partial charge in [-0.1, -0.05) is 23.5 Å². The van der Waals surface area contributed by atoms with Crippen molar-refractivity contribution in [2.45, 2.75) is 20.8 Å². The molecule has 2 aromatic carbocycles. The zero-order valence-corrected chi connectivity index (χ0v) is 17.5. The van der Waals surface area contributed by atoms with Crippen molar-refractivity contribution in [1.29, 1.82) is 0 Å². The summed E-state index contributed by atoms with van der Waals surface area (Å²) in [5.41, 5.74) is 5.78. The van der Waals surface area contributed by atoms with Crippen LogP contribution in [0.15, 0.2) is 36.4 Å². The number of nitrogens with zero attached hydrogens (tertiary/aromatic N) is 2. The van der Waals surface area contributed by atoms with E-state index in [0.717, 1.165) is 44.5 Å². The lowest BCUT2D eigenvalue weighted by Gasteiger charge is -2.10. The Hall–Kier alpha value is -2.57. The summed E-state index contributed by atoms with van der Waals surface area (Å²) in [4.78, 5) is 5.95. The molecule has 0 aliphatic carbocycles. The highest BCUT2D eigenvalue weighted by Crippen LogP contribution is 2.37. The summed E-state index contributed by atoms with van der Waals surface area (Å²) in [7, 11) is 1.72. The van der Waals surface area contributed by atoms with Crippen LogP contribution >= 0.6 is 11.3 Å². The van der Waals surface area contributed by atoms with Crippen LogP contribution in [0.5, 0.6) is 5.75 Å². The first-order valence-electron chi connectivity index (χ1n) is 9.50. The molecule has 0 saturated carbocycles. The van der Waals surface area contributed by atoms with Crippen molar-refractivity contribution >= 4 is 32.3 Å². The number of rotatable bonds is 7. The van der Waals surface area contributed by atoms with Crippen LogP contribution < -0.4 is 10.1 Å². The molecule has 0 amide bonds. The Bertz CT molecular complexity index is 1130. The summed E-state index contributed by atoms with van der Waals surface area (Å²) in [5.74, 6) is 1.90. The minimum Gasteiger partial charge on any atom is -0.494 e. The van der Waals surface area contributed by atoms with Crippen LogP contribution in [-0.4, -0.2) is 36.3 Å². The van der Waals surface area contributed by atoms with E-state index >= 15 is 0 Å². The molecule has 5 nitrogen and oxygen atoms in total. The van der Waals surface area contributed by atoms with Crippen molar-refractivity contribution in [3.63, 3.8) is 0 Å². The normalized spacial score (nSPS) is 11.4. The summed E-state index contributed by atoms with van der Waals surface area (Å²) >= 11 is 1.68. The van der Waals surface area contributed by atoms with Crippen LogP contribution in [0.4, 0.5) is 5.82 Å². The number of fused-ring (bicyclic) bond motifs is 3. The average molecular weight is 396 g/mol. The van der Waals surface area contributed by atoms with Gasteiger partial charge in [-0.2, -0.15) is 0 Å². The van der Waals surface area contributed by atoms with Crippen LogP contribution in [0.3, 0.4) is 0 Å². The van der Waals surface area contributed by atoms with Crippen LogP contribution in [-0.2, 0) is 4.74 Å². The molecule has 0 fully saturated rings. The first-order valence-corrected chi connectivity index (χ1v) is 10.3. The number of nitrogens with one attached hydrogen (secondary N) is 1. The van der Waals surface area contributed by atoms with Gasteiger partial charge in [-0.3, -0.25) is 4.40 Å². The summed E-state index contributed by atoms with van der Waals surface area (Å²) in [6.45, 7) is 8.28. The minimum absolute atomic E-state index is 0.635. The third-order valence-corrected chi connectivity index (χ3v) is 5.91. The lowest BCUT2D eigenvalue weighted by atomic mass is 10.0. The molecule has 6 heteroatoms. The third-order valence-electron chi connectivity index (χ3n) is 4.91. The van der Waals surface area contributed by atoms with E-state index in [1.54, 1.807) is 18.4 Å². The Morgan fingerprint density at radius 3 is 2.71 bits per heavy atom. The summed E-state index contributed by atoms with van der Waals surface area (Å²) in [6.07, 6.45) is 0. The molecule has 0 atom stereocenters. The summed E-state index contributed by atoms with van der Waals surface area (Å²) in [5, 5.41) is 3.54. The fourth-order valence-corrected chi connectivity index (χ4v) is 4.39. The molecule has 1 N–H and O–H groups in total. The van der Waals surface area contributed by atoms with E-state index in [1.807, 2.05) is 13.0 Å². The number of aromatic nitrogens is 2. The highest BCUT2D eigenvalue weighted by molar-refractivity contribution is 7.23. The molecule has 0 bridgehead atoms. The maximum Gasteiger partial charge on any atom is 0.197 e. The molecular formula is C22H25N3O2S. The van der Waals surface area contributed by atoms with E-state index in [-0.39, 0.29) is 0 Å². The number of hydrogen-bond donors (Lipinski definition) is 1. The zero-order valence-electron chi connectivity index (χ0n) is 16.7. The molecule has 28 heavy (non-hydrogen) atoms. The van der Waals surface area contributed by atoms with Gasteiger partial charge >= 0.3 is 0 Å². The molecule has 0 saturated heterocycles. The number of aryl methyl sites for hydroxylation is 2. The van der Waals surface area contributed by atoms with Gasteiger partial charge in [0.15, 0.2) is 4.96 Å². The number of hydrogen-bond acceptors (Lipinski definition) is 5. The van der Waals surface area contributed by atoms with Gasteiger partial charge < -0.3 is 14.8 Å². The van der Waals surface area contributed by atoms with Gasteiger partial charge in [-0.25, -0.2) is 4.98 Å². The molecule has 0 spiro atoms. The van der Waals surface area contributed by atoms with Gasteiger partial charge in [0.1, 0.15) is 17.3 Å². The van der Waals surface area contributed by atoms with E-state index < -0.39 is 0 Å². The Balaban J connectivity index is 1.88. The van der Waals surface area contributed by atoms with Gasteiger partial charge in [0.2, 0.25) is 0 Å². The molecule has 2 aromatic heterocycles. The first-order chi connectivity index (χ1) is 13.6. The van der Waals surface area contributed by atoms with Crippen molar-refractivity contribution in [2.24, 2.45) is 0 Å². The number of anilines is 1. The maximum absolute atomic E-state index is 5.66. The number of benzene rings is 2. The topological polar surface area (TPSA) is 47.8 Å². The SMILES string of the molecule is CCOc1ccc2c(c1)sc1nc(-c3ccc(C)c(C)c3)c(NCCOC)n12. The molecule has 0 radical (unpaired) electrons. The van der Waals surface area contributed by atoms with Crippen molar-refractivity contribution in [3.05, 3.63) is 47.5 Å². The van der Waals surface area contributed by atoms with E-state index in [1.165, 1.54) is 11.1 Å². The van der Waals surface area contributed by atoms with Crippen LogP contribution in [0, 0.1) is 13.8 Å². The molecule has 4 rings (SSSR count). The van der Waals surface area contributed by atoms with E-state index in [2.05, 4.69) is 53.9 Å². The lowest BCUT2D eigenvalue weighted by Crippen LogP contribution is -2.10. The average Bonchev–Trinajstić information content (AvgIpc) is 3.20. The Morgan fingerprint density at radius 1 is 1.11 bits per heavy atom. The number of methoxy groups -OCH3 is 1. The predicted molar refractivity (Wildman–Crippen MR) is 117 cm³/mol. The predicted octanol–water partition coefficient (Wildman–Crippen LogP) is 5.29. The van der Waals surface area contributed by atoms with Gasteiger partial charge in [0, 0.05) is 19.2 Å². The summed E-state index contributed by atoms with van der Waals surface area (Å²) < 4.78 is 14.3. The summed E-state index contributed by atoms with van der Waals surface area (Å²) in [6, 6.07) is 12.7. The molecule has 0 aliphatic rings.